The predicted molar refractivity (Wildman–Crippen MR) is 113 cm³/mol. The van der Waals surface area contributed by atoms with Crippen molar-refractivity contribution >= 4 is 40.5 Å². The van der Waals surface area contributed by atoms with Gasteiger partial charge in [0.05, 0.1) is 5.02 Å². The first-order valence-electron chi connectivity index (χ1n) is 8.92. The topological polar surface area (TPSA) is 35.9 Å². The van der Waals surface area contributed by atoms with Crippen LogP contribution in [-0.4, -0.2) is 55.4 Å². The molecule has 4 nitrogen and oxygen atoms in total. The standard InChI is InChI=1S/C20H23Cl3N2O2/c1-14-2-3-16(22)11-19(14)25-8-6-24(7-9-25)12-17(26)13-27-20-5-4-15(21)10-18(20)23/h2-5,10-11,17,26H,6-9,12-13H2,1H3/t17-/m1/s1. The number of ether oxygens (including phenoxy) is 1. The number of hydrogen-bond donors (Lipinski definition) is 1. The third-order valence-corrected chi connectivity index (χ3v) is 5.44. The lowest BCUT2D eigenvalue weighted by atomic mass is 10.1. The molecule has 0 saturated carbocycles. The second kappa shape index (κ2) is 9.35. The van der Waals surface area contributed by atoms with Crippen molar-refractivity contribution in [3.05, 3.63) is 57.0 Å². The zero-order valence-corrected chi connectivity index (χ0v) is 17.4. The molecule has 0 bridgehead atoms. The van der Waals surface area contributed by atoms with Crippen LogP contribution in [0.25, 0.3) is 0 Å². The molecule has 1 aliphatic heterocycles. The van der Waals surface area contributed by atoms with Crippen LogP contribution in [0.5, 0.6) is 5.75 Å². The van der Waals surface area contributed by atoms with Gasteiger partial charge in [0, 0.05) is 48.5 Å². The lowest BCUT2D eigenvalue weighted by Gasteiger charge is -2.37. The van der Waals surface area contributed by atoms with Gasteiger partial charge in [0.1, 0.15) is 18.5 Å². The first-order valence-corrected chi connectivity index (χ1v) is 10.0. The average Bonchev–Trinajstić information content (AvgIpc) is 2.64. The van der Waals surface area contributed by atoms with Gasteiger partial charge in [-0.1, -0.05) is 40.9 Å². The molecule has 146 valence electrons. The second-order valence-corrected chi connectivity index (χ2v) is 8.04. The SMILES string of the molecule is Cc1ccc(Cl)cc1N1CCN(C[C@@H](O)COc2ccc(Cl)cc2Cl)CC1. The summed E-state index contributed by atoms with van der Waals surface area (Å²) in [5.74, 6) is 0.529. The number of aliphatic hydroxyl groups is 1. The van der Waals surface area contributed by atoms with Crippen molar-refractivity contribution in [1.29, 1.82) is 0 Å². The first kappa shape index (κ1) is 20.6. The first-order chi connectivity index (χ1) is 12.9. The highest BCUT2D eigenvalue weighted by Gasteiger charge is 2.21. The third kappa shape index (κ3) is 5.66. The molecule has 2 aromatic rings. The van der Waals surface area contributed by atoms with Crippen LogP contribution in [0, 0.1) is 6.92 Å². The molecule has 0 aromatic heterocycles. The Morgan fingerprint density at radius 1 is 1.00 bits per heavy atom. The van der Waals surface area contributed by atoms with E-state index in [2.05, 4.69) is 16.7 Å². The number of aliphatic hydroxyl groups excluding tert-OH is 1. The third-order valence-electron chi connectivity index (χ3n) is 4.68. The molecule has 1 N–H and O–H groups in total. The van der Waals surface area contributed by atoms with Crippen molar-refractivity contribution in [2.24, 2.45) is 0 Å². The molecule has 0 radical (unpaired) electrons. The molecule has 27 heavy (non-hydrogen) atoms. The van der Waals surface area contributed by atoms with Gasteiger partial charge >= 0.3 is 0 Å². The summed E-state index contributed by atoms with van der Waals surface area (Å²) in [4.78, 5) is 4.59. The molecule has 0 aliphatic carbocycles. The van der Waals surface area contributed by atoms with E-state index in [0.717, 1.165) is 31.2 Å². The molecule has 1 fully saturated rings. The maximum Gasteiger partial charge on any atom is 0.138 e. The molecule has 7 heteroatoms. The quantitative estimate of drug-likeness (QED) is 0.732. The number of anilines is 1. The van der Waals surface area contributed by atoms with Crippen LogP contribution in [0.2, 0.25) is 15.1 Å². The molecule has 2 aromatic carbocycles. The van der Waals surface area contributed by atoms with E-state index in [1.165, 1.54) is 11.3 Å². The Kier molecular flexibility index (Phi) is 7.12. The van der Waals surface area contributed by atoms with Crippen LogP contribution >= 0.6 is 34.8 Å². The Labute approximate surface area is 175 Å². The summed E-state index contributed by atoms with van der Waals surface area (Å²) in [5.41, 5.74) is 2.41. The minimum Gasteiger partial charge on any atom is -0.489 e. The van der Waals surface area contributed by atoms with E-state index in [-0.39, 0.29) is 6.61 Å². The number of rotatable bonds is 6. The van der Waals surface area contributed by atoms with Crippen molar-refractivity contribution in [2.45, 2.75) is 13.0 Å². The van der Waals surface area contributed by atoms with Gasteiger partial charge in [-0.15, -0.1) is 0 Å². The number of benzene rings is 2. The monoisotopic (exact) mass is 428 g/mol. The summed E-state index contributed by atoms with van der Waals surface area (Å²) in [6.45, 7) is 6.41. The summed E-state index contributed by atoms with van der Waals surface area (Å²) in [6, 6.07) is 11.0. The van der Waals surface area contributed by atoms with E-state index in [0.29, 0.717) is 22.3 Å². The van der Waals surface area contributed by atoms with Gasteiger partial charge in [-0.25, -0.2) is 0 Å². The van der Waals surface area contributed by atoms with E-state index in [9.17, 15) is 5.11 Å². The molecule has 0 unspecified atom stereocenters. The summed E-state index contributed by atoms with van der Waals surface area (Å²) in [6.07, 6.45) is -0.587. The Morgan fingerprint density at radius 2 is 1.67 bits per heavy atom. The predicted octanol–water partition coefficient (Wildman–Crippen LogP) is 4.52. The van der Waals surface area contributed by atoms with Crippen LogP contribution in [0.3, 0.4) is 0 Å². The molecule has 0 amide bonds. The van der Waals surface area contributed by atoms with Crippen LogP contribution < -0.4 is 9.64 Å². The highest BCUT2D eigenvalue weighted by atomic mass is 35.5. The van der Waals surface area contributed by atoms with Gasteiger partial charge in [0.15, 0.2) is 0 Å². The Morgan fingerprint density at radius 3 is 2.37 bits per heavy atom. The Balaban J connectivity index is 1.46. The number of nitrogens with zero attached hydrogens (tertiary/aromatic N) is 2. The second-order valence-electron chi connectivity index (χ2n) is 6.76. The highest BCUT2D eigenvalue weighted by Crippen LogP contribution is 2.28. The maximum absolute atomic E-state index is 10.3. The van der Waals surface area contributed by atoms with Crippen LogP contribution in [-0.2, 0) is 0 Å². The lowest BCUT2D eigenvalue weighted by molar-refractivity contribution is 0.0663. The summed E-state index contributed by atoms with van der Waals surface area (Å²) in [5, 5.41) is 12.1. The molecule has 1 aliphatic rings. The molecular weight excluding hydrogens is 407 g/mol. The number of aryl methyl sites for hydroxylation is 1. The zero-order valence-electron chi connectivity index (χ0n) is 15.2. The summed E-state index contributed by atoms with van der Waals surface area (Å²) in [7, 11) is 0. The number of hydrogen-bond acceptors (Lipinski definition) is 4. The van der Waals surface area contributed by atoms with Crippen molar-refractivity contribution in [3.63, 3.8) is 0 Å². The lowest BCUT2D eigenvalue weighted by Crippen LogP contribution is -2.49. The van der Waals surface area contributed by atoms with Crippen molar-refractivity contribution in [3.8, 4) is 5.75 Å². The van der Waals surface area contributed by atoms with E-state index in [4.69, 9.17) is 39.5 Å². The van der Waals surface area contributed by atoms with Crippen LogP contribution in [0.4, 0.5) is 5.69 Å². The number of β-amino-alcohol motifs (C(OH)–C–C–N with tert-alkyl or cyclic N) is 1. The molecule has 0 spiro atoms. The fourth-order valence-corrected chi connectivity index (χ4v) is 3.85. The van der Waals surface area contributed by atoms with E-state index in [1.54, 1.807) is 18.2 Å². The Bertz CT molecular complexity index is 780. The van der Waals surface area contributed by atoms with Gasteiger partial charge < -0.3 is 14.7 Å². The van der Waals surface area contributed by atoms with Gasteiger partial charge in [-0.2, -0.15) is 0 Å². The zero-order chi connectivity index (χ0) is 19.4. The van der Waals surface area contributed by atoms with Gasteiger partial charge in [0.2, 0.25) is 0 Å². The fraction of sp³-hybridized carbons (Fsp3) is 0.400. The van der Waals surface area contributed by atoms with Gasteiger partial charge in [0.25, 0.3) is 0 Å². The normalized spacial score (nSPS) is 16.4. The van der Waals surface area contributed by atoms with Gasteiger partial charge in [-0.05, 0) is 42.8 Å². The van der Waals surface area contributed by atoms with Crippen molar-refractivity contribution in [2.75, 3.05) is 44.2 Å². The smallest absolute Gasteiger partial charge is 0.138 e. The van der Waals surface area contributed by atoms with Crippen LogP contribution in [0.1, 0.15) is 5.56 Å². The highest BCUT2D eigenvalue weighted by molar-refractivity contribution is 6.35. The molecule has 1 saturated heterocycles. The fourth-order valence-electron chi connectivity index (χ4n) is 3.22. The van der Waals surface area contributed by atoms with Crippen LogP contribution in [0.15, 0.2) is 36.4 Å². The molecule has 3 rings (SSSR count). The van der Waals surface area contributed by atoms with Gasteiger partial charge in [-0.3, -0.25) is 4.90 Å². The molecular formula is C20H23Cl3N2O2. The number of piperazine rings is 1. The summed E-state index contributed by atoms with van der Waals surface area (Å²) < 4.78 is 5.62. The van der Waals surface area contributed by atoms with Crippen molar-refractivity contribution in [1.82, 2.24) is 4.90 Å². The van der Waals surface area contributed by atoms with Crippen molar-refractivity contribution < 1.29 is 9.84 Å². The molecule has 1 atom stereocenters. The minimum atomic E-state index is -0.587. The minimum absolute atomic E-state index is 0.189. The average molecular weight is 430 g/mol. The van der Waals surface area contributed by atoms with E-state index < -0.39 is 6.10 Å². The largest absolute Gasteiger partial charge is 0.489 e. The number of halogens is 3. The van der Waals surface area contributed by atoms with E-state index >= 15 is 0 Å². The molecule has 1 heterocycles. The Hall–Kier alpha value is -1.17. The summed E-state index contributed by atoms with van der Waals surface area (Å²) >= 11 is 18.1. The van der Waals surface area contributed by atoms with E-state index in [1.807, 2.05) is 18.2 Å². The maximum atomic E-state index is 10.3.